The third-order valence-corrected chi connectivity index (χ3v) is 4.39. The van der Waals surface area contributed by atoms with E-state index in [2.05, 4.69) is 11.8 Å². The number of aryl methyl sites for hydroxylation is 1. The van der Waals surface area contributed by atoms with Crippen LogP contribution >= 0.6 is 0 Å². The van der Waals surface area contributed by atoms with Crippen molar-refractivity contribution in [3.8, 4) is 0 Å². The number of fused-ring (bicyclic) bond motifs is 1. The molecule has 0 amide bonds. The lowest BCUT2D eigenvalue weighted by Gasteiger charge is -2.30. The third-order valence-electron chi connectivity index (χ3n) is 4.39. The van der Waals surface area contributed by atoms with Crippen molar-refractivity contribution < 1.29 is 18.7 Å². The summed E-state index contributed by atoms with van der Waals surface area (Å²) in [4.78, 5) is 13.4. The van der Waals surface area contributed by atoms with Crippen LogP contribution < -0.4 is 0 Å². The van der Waals surface area contributed by atoms with Crippen LogP contribution in [0, 0.1) is 18.7 Å². The van der Waals surface area contributed by atoms with E-state index in [1.54, 1.807) is 6.92 Å². The predicted molar refractivity (Wildman–Crippen MR) is 81.5 cm³/mol. The fraction of sp³-hybridized carbons (Fsp3) is 0.471. The Morgan fingerprint density at radius 1 is 1.50 bits per heavy atom. The van der Waals surface area contributed by atoms with Gasteiger partial charge in [0.15, 0.2) is 11.4 Å². The molecule has 1 unspecified atom stereocenters. The smallest absolute Gasteiger partial charge is 0.372 e. The van der Waals surface area contributed by atoms with Crippen LogP contribution in [0.15, 0.2) is 16.5 Å². The van der Waals surface area contributed by atoms with E-state index in [1.807, 2.05) is 6.07 Å². The van der Waals surface area contributed by atoms with Crippen LogP contribution in [0.1, 0.15) is 41.4 Å². The number of furan rings is 1. The van der Waals surface area contributed by atoms with Gasteiger partial charge in [-0.2, -0.15) is 0 Å². The molecule has 0 radical (unpaired) electrons. The van der Waals surface area contributed by atoms with Crippen molar-refractivity contribution in [2.24, 2.45) is 5.92 Å². The molecule has 4 nitrogen and oxygen atoms in total. The largest absolute Gasteiger partial charge is 0.475 e. The molecule has 1 aliphatic heterocycles. The van der Waals surface area contributed by atoms with E-state index in [0.717, 1.165) is 18.7 Å². The molecule has 118 valence electrons. The Labute approximate surface area is 128 Å². The van der Waals surface area contributed by atoms with Gasteiger partial charge in [0, 0.05) is 24.0 Å². The van der Waals surface area contributed by atoms with Crippen molar-refractivity contribution in [2.45, 2.75) is 33.2 Å². The summed E-state index contributed by atoms with van der Waals surface area (Å²) in [6.45, 7) is 6.61. The minimum Gasteiger partial charge on any atom is -0.475 e. The number of hydrogen-bond donors (Lipinski definition) is 1. The molecule has 1 aliphatic rings. The quantitative estimate of drug-likeness (QED) is 0.937. The maximum absolute atomic E-state index is 14.2. The second-order valence-corrected chi connectivity index (χ2v) is 6.30. The van der Waals surface area contributed by atoms with E-state index >= 15 is 0 Å². The summed E-state index contributed by atoms with van der Waals surface area (Å²) in [7, 11) is 0. The average molecular weight is 305 g/mol. The molecular formula is C17H20FNO3. The molecule has 1 aromatic heterocycles. The van der Waals surface area contributed by atoms with E-state index in [9.17, 15) is 9.18 Å². The fourth-order valence-corrected chi connectivity index (χ4v) is 3.32. The highest BCUT2D eigenvalue weighted by atomic mass is 19.1. The highest BCUT2D eigenvalue weighted by Crippen LogP contribution is 2.29. The standard InChI is InChI=1S/C17H20FNO3/c1-10-4-3-5-19(8-10)9-12-6-13-11(2)15(17(20)21)22-16(13)14(18)7-12/h6-7,10H,3-5,8-9H2,1-2H3,(H,20,21). The monoisotopic (exact) mass is 305 g/mol. The highest BCUT2D eigenvalue weighted by Gasteiger charge is 2.21. The van der Waals surface area contributed by atoms with Crippen LogP contribution in [0.25, 0.3) is 11.0 Å². The van der Waals surface area contributed by atoms with Gasteiger partial charge in [0.05, 0.1) is 0 Å². The lowest BCUT2D eigenvalue weighted by atomic mass is 9.99. The Balaban J connectivity index is 1.94. The van der Waals surface area contributed by atoms with Crippen LogP contribution in [0.2, 0.25) is 0 Å². The molecule has 1 N–H and O–H groups in total. The van der Waals surface area contributed by atoms with Gasteiger partial charge in [-0.25, -0.2) is 9.18 Å². The zero-order valence-electron chi connectivity index (χ0n) is 12.9. The minimum absolute atomic E-state index is 0.0330. The lowest BCUT2D eigenvalue weighted by Crippen LogP contribution is -2.33. The fourth-order valence-electron chi connectivity index (χ4n) is 3.32. The van der Waals surface area contributed by atoms with E-state index in [-0.39, 0.29) is 11.3 Å². The van der Waals surface area contributed by atoms with E-state index in [1.165, 1.54) is 18.9 Å². The summed E-state index contributed by atoms with van der Waals surface area (Å²) < 4.78 is 19.4. The van der Waals surface area contributed by atoms with Gasteiger partial charge in [0.25, 0.3) is 0 Å². The Hall–Kier alpha value is -1.88. The van der Waals surface area contributed by atoms with Crippen LogP contribution in [0.3, 0.4) is 0 Å². The number of aromatic carboxylic acids is 1. The average Bonchev–Trinajstić information content (AvgIpc) is 2.77. The van der Waals surface area contributed by atoms with Crippen LogP contribution in [-0.2, 0) is 6.54 Å². The summed E-state index contributed by atoms with van der Waals surface area (Å²) in [6, 6.07) is 3.30. The van der Waals surface area contributed by atoms with Gasteiger partial charge in [0.1, 0.15) is 0 Å². The van der Waals surface area contributed by atoms with Crippen LogP contribution in [-0.4, -0.2) is 29.1 Å². The number of carboxylic acid groups (broad SMARTS) is 1. The van der Waals surface area contributed by atoms with E-state index < -0.39 is 11.8 Å². The molecule has 1 saturated heterocycles. The van der Waals surface area contributed by atoms with Crippen molar-refractivity contribution in [3.05, 3.63) is 34.8 Å². The molecule has 2 heterocycles. The Bertz CT molecular complexity index is 722. The van der Waals surface area contributed by atoms with Gasteiger partial charge in [-0.05, 0) is 49.9 Å². The number of benzene rings is 1. The number of nitrogens with zero attached hydrogens (tertiary/aromatic N) is 1. The lowest BCUT2D eigenvalue weighted by molar-refractivity contribution is 0.0663. The Kier molecular flexibility index (Phi) is 3.91. The molecule has 3 rings (SSSR count). The zero-order chi connectivity index (χ0) is 15.9. The number of hydrogen-bond acceptors (Lipinski definition) is 3. The number of carboxylic acids is 1. The number of rotatable bonds is 3. The molecular weight excluding hydrogens is 285 g/mol. The molecule has 2 aromatic rings. The first kappa shape index (κ1) is 15.0. The van der Waals surface area contributed by atoms with Gasteiger partial charge in [-0.1, -0.05) is 6.92 Å². The molecule has 1 fully saturated rings. The van der Waals surface area contributed by atoms with Gasteiger partial charge in [-0.3, -0.25) is 4.90 Å². The van der Waals surface area contributed by atoms with Crippen molar-refractivity contribution in [1.29, 1.82) is 0 Å². The number of halogens is 1. The summed E-state index contributed by atoms with van der Waals surface area (Å²) in [5.74, 6) is -1.18. The summed E-state index contributed by atoms with van der Waals surface area (Å²) in [5.41, 5.74) is 1.38. The summed E-state index contributed by atoms with van der Waals surface area (Å²) in [6.07, 6.45) is 2.41. The topological polar surface area (TPSA) is 53.7 Å². The van der Waals surface area contributed by atoms with Crippen molar-refractivity contribution >= 4 is 16.9 Å². The zero-order valence-corrected chi connectivity index (χ0v) is 12.9. The van der Waals surface area contributed by atoms with E-state index in [0.29, 0.717) is 23.4 Å². The molecule has 0 spiro atoms. The van der Waals surface area contributed by atoms with Crippen molar-refractivity contribution in [3.63, 3.8) is 0 Å². The number of piperidine rings is 1. The molecule has 1 aromatic carbocycles. The summed E-state index contributed by atoms with van der Waals surface area (Å²) in [5, 5.41) is 9.65. The minimum atomic E-state index is -1.17. The number of likely N-dealkylation sites (tertiary alicyclic amines) is 1. The van der Waals surface area contributed by atoms with Crippen molar-refractivity contribution in [2.75, 3.05) is 13.1 Å². The predicted octanol–water partition coefficient (Wildman–Crippen LogP) is 3.81. The molecule has 5 heteroatoms. The molecule has 0 bridgehead atoms. The molecule has 0 aliphatic carbocycles. The number of carbonyl (C=O) groups is 1. The second-order valence-electron chi connectivity index (χ2n) is 6.30. The highest BCUT2D eigenvalue weighted by molar-refractivity contribution is 5.95. The van der Waals surface area contributed by atoms with Gasteiger partial charge < -0.3 is 9.52 Å². The van der Waals surface area contributed by atoms with Crippen molar-refractivity contribution in [1.82, 2.24) is 4.90 Å². The molecule has 22 heavy (non-hydrogen) atoms. The van der Waals surface area contributed by atoms with Crippen LogP contribution in [0.4, 0.5) is 4.39 Å². The first-order valence-electron chi connectivity index (χ1n) is 7.63. The van der Waals surface area contributed by atoms with Gasteiger partial charge in [-0.15, -0.1) is 0 Å². The SMILES string of the molecule is Cc1c(C(=O)O)oc2c(F)cc(CN3CCCC(C)C3)cc12. The molecule has 0 saturated carbocycles. The Morgan fingerprint density at radius 3 is 2.95 bits per heavy atom. The summed E-state index contributed by atoms with van der Waals surface area (Å²) >= 11 is 0. The normalized spacial score (nSPS) is 19.7. The molecule has 1 atom stereocenters. The third kappa shape index (κ3) is 2.73. The first-order valence-corrected chi connectivity index (χ1v) is 7.63. The van der Waals surface area contributed by atoms with E-state index in [4.69, 9.17) is 9.52 Å². The Morgan fingerprint density at radius 2 is 2.27 bits per heavy atom. The van der Waals surface area contributed by atoms with Crippen LogP contribution in [0.5, 0.6) is 0 Å². The first-order chi connectivity index (χ1) is 10.5. The maximum atomic E-state index is 14.2. The maximum Gasteiger partial charge on any atom is 0.372 e. The van der Waals surface area contributed by atoms with Gasteiger partial charge in [0.2, 0.25) is 5.76 Å². The second kappa shape index (κ2) is 5.72. The van der Waals surface area contributed by atoms with Gasteiger partial charge >= 0.3 is 5.97 Å².